The van der Waals surface area contributed by atoms with Gasteiger partial charge in [-0.3, -0.25) is 24.1 Å². The molecule has 2 N–H and O–H groups in total. The van der Waals surface area contributed by atoms with Crippen molar-refractivity contribution in [1.29, 1.82) is 0 Å². The largest absolute Gasteiger partial charge is 0.465 e. The molecule has 2 saturated heterocycles. The molecule has 12 heteroatoms. The normalized spacial score (nSPS) is 23.7. The van der Waals surface area contributed by atoms with E-state index in [1.54, 1.807) is 17.9 Å². The van der Waals surface area contributed by atoms with E-state index >= 15 is 0 Å². The van der Waals surface area contributed by atoms with E-state index in [0.717, 1.165) is 11.1 Å². The molecule has 34 heavy (non-hydrogen) atoms. The van der Waals surface area contributed by atoms with Gasteiger partial charge in [-0.1, -0.05) is 30.3 Å². The minimum atomic E-state index is -1.08. The van der Waals surface area contributed by atoms with E-state index in [0.29, 0.717) is 25.1 Å². The number of benzene rings is 1. The van der Waals surface area contributed by atoms with Crippen molar-refractivity contribution < 1.29 is 29.2 Å². The lowest BCUT2D eigenvalue weighted by atomic mass is 10.0. The van der Waals surface area contributed by atoms with E-state index in [1.807, 2.05) is 30.3 Å². The summed E-state index contributed by atoms with van der Waals surface area (Å²) in [5.41, 5.74) is 4.84. The van der Waals surface area contributed by atoms with Crippen LogP contribution in [0.25, 0.3) is 0 Å². The highest BCUT2D eigenvalue weighted by atomic mass is 16.7. The molecule has 12 nitrogen and oxygen atoms in total. The Morgan fingerprint density at radius 1 is 1.21 bits per heavy atom. The zero-order valence-electron chi connectivity index (χ0n) is 18.7. The summed E-state index contributed by atoms with van der Waals surface area (Å²) in [6.07, 6.45) is 0.929. The predicted octanol–water partition coefficient (Wildman–Crippen LogP) is 1.40. The summed E-state index contributed by atoms with van der Waals surface area (Å²) >= 11 is 0. The van der Waals surface area contributed by atoms with Crippen LogP contribution in [0.5, 0.6) is 0 Å². The van der Waals surface area contributed by atoms with Crippen molar-refractivity contribution in [1.82, 2.24) is 30.1 Å². The average molecular weight is 470 g/mol. The van der Waals surface area contributed by atoms with Crippen LogP contribution in [0.2, 0.25) is 0 Å². The fourth-order valence-corrected chi connectivity index (χ4v) is 4.72. The van der Waals surface area contributed by atoms with E-state index in [2.05, 4.69) is 10.6 Å². The number of hydrogen-bond acceptors (Lipinski definition) is 6. The molecule has 3 atom stereocenters. The first-order valence-electron chi connectivity index (χ1n) is 11.1. The van der Waals surface area contributed by atoms with Crippen LogP contribution in [0.1, 0.15) is 35.8 Å². The van der Waals surface area contributed by atoms with Gasteiger partial charge in [-0.2, -0.15) is 10.2 Å². The summed E-state index contributed by atoms with van der Waals surface area (Å²) in [4.78, 5) is 51.5. The lowest BCUT2D eigenvalue weighted by molar-refractivity contribution is -0.146. The number of hydrogen-bond donors (Lipinski definition) is 2. The number of fused-ring (bicyclic) bond motifs is 3. The van der Waals surface area contributed by atoms with Crippen molar-refractivity contribution in [2.45, 2.75) is 44.2 Å². The van der Waals surface area contributed by atoms with Gasteiger partial charge in [0.05, 0.1) is 31.0 Å². The number of piperidine rings is 1. The number of carboxylic acid groups (broad SMARTS) is 1. The predicted molar refractivity (Wildman–Crippen MR) is 116 cm³/mol. The van der Waals surface area contributed by atoms with Gasteiger partial charge in [0.15, 0.2) is 0 Å². The molecule has 5 rings (SSSR count). The van der Waals surface area contributed by atoms with Crippen molar-refractivity contribution in [3.05, 3.63) is 53.3 Å². The molecule has 180 valence electrons. The molecule has 1 aromatic carbocycles. The quantitative estimate of drug-likeness (QED) is 0.611. The van der Waals surface area contributed by atoms with E-state index < -0.39 is 24.1 Å². The van der Waals surface area contributed by atoms with Gasteiger partial charge in [-0.05, 0) is 18.4 Å². The zero-order chi connectivity index (χ0) is 23.8. The number of urea groups is 1. The van der Waals surface area contributed by atoms with Crippen LogP contribution < -0.4 is 5.48 Å². The van der Waals surface area contributed by atoms with Gasteiger partial charge in [-0.25, -0.2) is 15.1 Å². The van der Waals surface area contributed by atoms with Crippen molar-refractivity contribution in [3.63, 3.8) is 0 Å². The van der Waals surface area contributed by atoms with Gasteiger partial charge in [-0.15, -0.1) is 0 Å². The fourth-order valence-electron chi connectivity index (χ4n) is 4.72. The highest BCUT2D eigenvalue weighted by molar-refractivity contribution is 5.88. The van der Waals surface area contributed by atoms with Crippen LogP contribution in [0.4, 0.5) is 9.59 Å². The van der Waals surface area contributed by atoms with Crippen molar-refractivity contribution >= 4 is 18.0 Å². The van der Waals surface area contributed by atoms with E-state index in [9.17, 15) is 19.5 Å². The Bertz CT molecular complexity index is 1090. The molecule has 0 radical (unpaired) electrons. The molecule has 4 amide bonds. The molecule has 1 aromatic heterocycles. The number of carbonyl (C=O) groups excluding carboxylic acids is 2. The third-order valence-corrected chi connectivity index (χ3v) is 6.58. The van der Waals surface area contributed by atoms with E-state index in [-0.39, 0.29) is 31.8 Å². The summed E-state index contributed by atoms with van der Waals surface area (Å²) in [5.74, 6) is -0.449. The Morgan fingerprint density at radius 2 is 2.00 bits per heavy atom. The summed E-state index contributed by atoms with van der Waals surface area (Å²) in [7, 11) is 1.73. The minimum Gasteiger partial charge on any atom is -0.465 e. The number of hydroxylamine groups is 3. The molecule has 3 aliphatic rings. The smallest absolute Gasteiger partial charge is 0.407 e. The molecule has 0 aliphatic carbocycles. The monoisotopic (exact) mass is 470 g/mol. The topological polar surface area (TPSA) is 129 Å². The maximum atomic E-state index is 13.0. The van der Waals surface area contributed by atoms with Crippen LogP contribution in [0.15, 0.2) is 36.5 Å². The molecule has 0 saturated carbocycles. The van der Waals surface area contributed by atoms with Crippen molar-refractivity contribution in [3.8, 4) is 0 Å². The summed E-state index contributed by atoms with van der Waals surface area (Å²) < 4.78 is 1.59. The van der Waals surface area contributed by atoms with E-state index in [4.69, 9.17) is 9.68 Å². The van der Waals surface area contributed by atoms with E-state index in [1.165, 1.54) is 14.9 Å². The molecule has 2 aromatic rings. The first kappa shape index (κ1) is 22.2. The Hall–Kier alpha value is -3.64. The Kier molecular flexibility index (Phi) is 5.84. The van der Waals surface area contributed by atoms with Crippen LogP contribution >= 0.6 is 0 Å². The van der Waals surface area contributed by atoms with Crippen LogP contribution in [0.3, 0.4) is 0 Å². The first-order chi connectivity index (χ1) is 16.4. The molecular formula is C22H26N6O6. The average Bonchev–Trinajstić information content (AvgIpc) is 3.33. The number of carbonyl (C=O) groups is 3. The summed E-state index contributed by atoms with van der Waals surface area (Å²) in [5, 5.41) is 15.0. The summed E-state index contributed by atoms with van der Waals surface area (Å²) in [6, 6.07) is 8.42. The Labute approximate surface area is 195 Å². The number of rotatable bonds is 6. The van der Waals surface area contributed by atoms with Crippen LogP contribution in [-0.2, 0) is 34.7 Å². The molecule has 0 spiro atoms. The zero-order valence-corrected chi connectivity index (χ0v) is 18.7. The number of nitrogens with one attached hydrogen (secondary N) is 1. The number of amides is 4. The Balaban J connectivity index is 1.21. The lowest BCUT2D eigenvalue weighted by Gasteiger charge is -2.32. The molecule has 2 bridgehead atoms. The lowest BCUT2D eigenvalue weighted by Crippen LogP contribution is -2.50. The third-order valence-electron chi connectivity index (χ3n) is 6.58. The molecule has 2 fully saturated rings. The van der Waals surface area contributed by atoms with Crippen LogP contribution in [-0.4, -0.2) is 73.0 Å². The second kappa shape index (κ2) is 8.95. The fraction of sp³-hybridized carbons (Fsp3) is 0.455. The minimum absolute atomic E-state index is 0.0603. The van der Waals surface area contributed by atoms with Gasteiger partial charge in [0.2, 0.25) is 0 Å². The summed E-state index contributed by atoms with van der Waals surface area (Å²) in [6.45, 7) is 0.922. The number of aryl methyl sites for hydroxylation is 1. The number of aromatic nitrogens is 2. The number of nitrogens with zero attached hydrogens (tertiary/aromatic N) is 5. The van der Waals surface area contributed by atoms with Crippen LogP contribution in [0, 0.1) is 0 Å². The Morgan fingerprint density at radius 3 is 2.76 bits per heavy atom. The van der Waals surface area contributed by atoms with Gasteiger partial charge in [0.1, 0.15) is 18.8 Å². The van der Waals surface area contributed by atoms with Gasteiger partial charge >= 0.3 is 12.1 Å². The van der Waals surface area contributed by atoms with Gasteiger partial charge in [0.25, 0.3) is 5.91 Å². The van der Waals surface area contributed by atoms with Crippen molar-refractivity contribution in [2.24, 2.45) is 7.05 Å². The molecule has 3 aliphatic heterocycles. The first-order valence-corrected chi connectivity index (χ1v) is 11.1. The highest BCUT2D eigenvalue weighted by Gasteiger charge is 2.48. The maximum absolute atomic E-state index is 13.0. The van der Waals surface area contributed by atoms with Gasteiger partial charge < -0.3 is 10.0 Å². The molecule has 4 heterocycles. The standard InChI is InChI=1S/C22H26N6O6/c1-25-18-11-26(22(31)32)12-19(16(18)9-23-25)34-24-20(29)17-8-7-15-10-27(17)21(30)28(15)33-13-14-5-3-2-4-6-14/h2-6,9,15,17,19H,7-8,10-13H2,1H3,(H,24,29)(H,31,32)/t15-,17+,19?/m1/s1. The molecule has 1 unspecified atom stereocenters. The SMILES string of the molecule is Cn1ncc2c1CN(C(=O)O)CC2ONC(=O)[C@@H]1CC[C@@H]2CN1C(=O)N2OCc1ccccc1. The molecular weight excluding hydrogens is 444 g/mol. The third kappa shape index (κ3) is 4.05. The second-order valence-electron chi connectivity index (χ2n) is 8.67. The van der Waals surface area contributed by atoms with Gasteiger partial charge in [0, 0.05) is 19.2 Å². The highest BCUT2D eigenvalue weighted by Crippen LogP contribution is 2.32. The second-order valence-corrected chi connectivity index (χ2v) is 8.67. The maximum Gasteiger partial charge on any atom is 0.407 e. The van der Waals surface area contributed by atoms with Crippen molar-refractivity contribution in [2.75, 3.05) is 13.1 Å².